The van der Waals surface area contributed by atoms with Crippen LogP contribution in [0.1, 0.15) is 19.4 Å². The zero-order valence-electron chi connectivity index (χ0n) is 12.6. The molecule has 0 bridgehead atoms. The average molecular weight is 351 g/mol. The van der Waals surface area contributed by atoms with Gasteiger partial charge in [0.2, 0.25) is 0 Å². The van der Waals surface area contributed by atoms with Crippen LogP contribution >= 0.6 is 36.4 Å². The molecule has 0 aliphatic carbocycles. The standard InChI is InChI=1S/C17H18N2S2.ClH/c1-11(2)10-18-17(20)12-7-8-16-14(9-12)19-13-5-3-4-6-15(13)21-16;/h3-9,11,19H,10H2,1-2H3,(H,18,20);1H. The molecule has 0 saturated carbocycles. The number of benzene rings is 2. The van der Waals surface area contributed by atoms with E-state index in [1.807, 2.05) is 0 Å². The van der Waals surface area contributed by atoms with Gasteiger partial charge in [-0.05, 0) is 30.2 Å². The van der Waals surface area contributed by atoms with Crippen molar-refractivity contribution in [2.75, 3.05) is 11.9 Å². The summed E-state index contributed by atoms with van der Waals surface area (Å²) < 4.78 is 0. The van der Waals surface area contributed by atoms with Crippen molar-refractivity contribution in [3.8, 4) is 0 Å². The molecule has 0 saturated heterocycles. The summed E-state index contributed by atoms with van der Waals surface area (Å²) >= 11 is 7.27. The Bertz CT molecular complexity index is 686. The van der Waals surface area contributed by atoms with Gasteiger partial charge in [-0.25, -0.2) is 0 Å². The second-order valence-electron chi connectivity index (χ2n) is 5.54. The van der Waals surface area contributed by atoms with Crippen molar-refractivity contribution < 1.29 is 0 Å². The number of nitrogens with one attached hydrogen (secondary N) is 2. The van der Waals surface area contributed by atoms with Gasteiger partial charge in [0.1, 0.15) is 4.99 Å². The summed E-state index contributed by atoms with van der Waals surface area (Å²) in [6.07, 6.45) is 0. The van der Waals surface area contributed by atoms with Crippen molar-refractivity contribution in [1.29, 1.82) is 0 Å². The van der Waals surface area contributed by atoms with Gasteiger partial charge in [0, 0.05) is 21.9 Å². The van der Waals surface area contributed by atoms with Gasteiger partial charge in [0.05, 0.1) is 11.4 Å². The monoisotopic (exact) mass is 350 g/mol. The highest BCUT2D eigenvalue weighted by Gasteiger charge is 2.16. The smallest absolute Gasteiger partial charge is 0.106 e. The third kappa shape index (κ3) is 3.75. The highest BCUT2D eigenvalue weighted by atomic mass is 35.5. The van der Waals surface area contributed by atoms with Crippen LogP contribution in [-0.4, -0.2) is 11.5 Å². The Hall–Kier alpha value is -1.23. The molecule has 116 valence electrons. The molecule has 0 atom stereocenters. The van der Waals surface area contributed by atoms with Crippen molar-refractivity contribution in [3.05, 3.63) is 48.0 Å². The molecular formula is C17H19ClN2S2. The fraction of sp³-hybridized carbons (Fsp3) is 0.235. The Labute approximate surface area is 147 Å². The number of anilines is 2. The van der Waals surface area contributed by atoms with Crippen LogP contribution in [0.3, 0.4) is 0 Å². The third-order valence-electron chi connectivity index (χ3n) is 3.29. The summed E-state index contributed by atoms with van der Waals surface area (Å²) in [6, 6.07) is 14.7. The van der Waals surface area contributed by atoms with Crippen molar-refractivity contribution in [2.24, 2.45) is 5.92 Å². The Kier molecular flexibility index (Phi) is 5.73. The SMILES string of the molecule is CC(C)CNC(=S)c1ccc2c(c1)Nc1ccccc1S2.Cl. The van der Waals surface area contributed by atoms with Gasteiger partial charge < -0.3 is 10.6 Å². The highest BCUT2D eigenvalue weighted by Crippen LogP contribution is 2.44. The second kappa shape index (κ2) is 7.36. The van der Waals surface area contributed by atoms with Crippen molar-refractivity contribution >= 4 is 52.8 Å². The summed E-state index contributed by atoms with van der Waals surface area (Å²) in [7, 11) is 0. The van der Waals surface area contributed by atoms with Crippen LogP contribution in [0.15, 0.2) is 52.3 Å². The molecule has 0 spiro atoms. The maximum Gasteiger partial charge on any atom is 0.106 e. The zero-order chi connectivity index (χ0) is 14.8. The molecule has 2 N–H and O–H groups in total. The number of hydrogen-bond acceptors (Lipinski definition) is 3. The molecule has 2 aromatic rings. The molecule has 2 aromatic carbocycles. The summed E-state index contributed by atoms with van der Waals surface area (Å²) in [4.78, 5) is 3.32. The highest BCUT2D eigenvalue weighted by molar-refractivity contribution is 7.99. The topological polar surface area (TPSA) is 24.1 Å². The Morgan fingerprint density at radius 1 is 1.14 bits per heavy atom. The summed E-state index contributed by atoms with van der Waals surface area (Å²) in [6.45, 7) is 5.26. The van der Waals surface area contributed by atoms with E-state index in [-0.39, 0.29) is 12.4 Å². The first-order valence-corrected chi connectivity index (χ1v) is 8.32. The fourth-order valence-electron chi connectivity index (χ4n) is 2.18. The number of thiocarbonyl (C=S) groups is 1. The van der Waals surface area contributed by atoms with Crippen LogP contribution in [0.2, 0.25) is 0 Å². The van der Waals surface area contributed by atoms with Gasteiger partial charge in [0.25, 0.3) is 0 Å². The molecule has 0 amide bonds. The maximum atomic E-state index is 5.48. The Morgan fingerprint density at radius 2 is 1.86 bits per heavy atom. The first-order chi connectivity index (χ1) is 10.1. The number of para-hydroxylation sites is 1. The molecule has 3 rings (SSSR count). The molecule has 0 aromatic heterocycles. The first-order valence-electron chi connectivity index (χ1n) is 7.09. The molecule has 2 nitrogen and oxygen atoms in total. The van der Waals surface area contributed by atoms with Crippen LogP contribution in [0, 0.1) is 5.92 Å². The van der Waals surface area contributed by atoms with Gasteiger partial charge in [-0.15, -0.1) is 12.4 Å². The van der Waals surface area contributed by atoms with Crippen molar-refractivity contribution in [3.63, 3.8) is 0 Å². The van der Waals surface area contributed by atoms with Gasteiger partial charge >= 0.3 is 0 Å². The van der Waals surface area contributed by atoms with E-state index in [1.54, 1.807) is 11.8 Å². The lowest BCUT2D eigenvalue weighted by Gasteiger charge is -2.21. The van der Waals surface area contributed by atoms with E-state index < -0.39 is 0 Å². The minimum Gasteiger partial charge on any atom is -0.376 e. The van der Waals surface area contributed by atoms with Crippen LogP contribution in [0.5, 0.6) is 0 Å². The second-order valence-corrected chi connectivity index (χ2v) is 7.03. The van der Waals surface area contributed by atoms with Crippen LogP contribution < -0.4 is 10.6 Å². The minimum atomic E-state index is 0. The van der Waals surface area contributed by atoms with Crippen LogP contribution in [0.4, 0.5) is 11.4 Å². The van der Waals surface area contributed by atoms with Crippen LogP contribution in [-0.2, 0) is 0 Å². The minimum absolute atomic E-state index is 0. The van der Waals surface area contributed by atoms with Crippen molar-refractivity contribution in [2.45, 2.75) is 23.6 Å². The van der Waals surface area contributed by atoms with E-state index >= 15 is 0 Å². The molecule has 1 aliphatic heterocycles. The zero-order valence-corrected chi connectivity index (χ0v) is 15.0. The lowest BCUT2D eigenvalue weighted by Crippen LogP contribution is -2.26. The van der Waals surface area contributed by atoms with E-state index in [0.717, 1.165) is 28.5 Å². The van der Waals surface area contributed by atoms with Gasteiger partial charge in [-0.2, -0.15) is 0 Å². The largest absolute Gasteiger partial charge is 0.376 e. The van der Waals surface area contributed by atoms with E-state index in [9.17, 15) is 0 Å². The lowest BCUT2D eigenvalue weighted by atomic mass is 10.1. The maximum absolute atomic E-state index is 5.48. The number of rotatable bonds is 3. The van der Waals surface area contributed by atoms with Crippen molar-refractivity contribution in [1.82, 2.24) is 5.32 Å². The molecule has 22 heavy (non-hydrogen) atoms. The molecule has 5 heteroatoms. The quantitative estimate of drug-likeness (QED) is 0.631. The lowest BCUT2D eigenvalue weighted by molar-refractivity contribution is 0.628. The molecule has 0 unspecified atom stereocenters. The average Bonchev–Trinajstić information content (AvgIpc) is 2.50. The first kappa shape index (κ1) is 17.1. The van der Waals surface area contributed by atoms with Gasteiger partial charge in [-0.1, -0.05) is 56.0 Å². The van der Waals surface area contributed by atoms with E-state index in [4.69, 9.17) is 12.2 Å². The summed E-state index contributed by atoms with van der Waals surface area (Å²) in [5.74, 6) is 0.584. The van der Waals surface area contributed by atoms with Gasteiger partial charge in [-0.3, -0.25) is 0 Å². The fourth-order valence-corrected chi connectivity index (χ4v) is 3.36. The normalized spacial score (nSPS) is 11.8. The molecule has 0 radical (unpaired) electrons. The Morgan fingerprint density at radius 3 is 2.64 bits per heavy atom. The van der Waals surface area contributed by atoms with Gasteiger partial charge in [0.15, 0.2) is 0 Å². The number of halogens is 1. The third-order valence-corrected chi connectivity index (χ3v) is 4.82. The Balaban J connectivity index is 0.00000176. The predicted molar refractivity (Wildman–Crippen MR) is 102 cm³/mol. The number of hydrogen-bond donors (Lipinski definition) is 2. The van der Waals surface area contributed by atoms with E-state index in [2.05, 4.69) is 66.9 Å². The van der Waals surface area contributed by atoms with Crippen LogP contribution in [0.25, 0.3) is 0 Å². The summed E-state index contributed by atoms with van der Waals surface area (Å²) in [5, 5.41) is 6.81. The summed E-state index contributed by atoms with van der Waals surface area (Å²) in [5.41, 5.74) is 3.36. The van der Waals surface area contributed by atoms with E-state index in [1.165, 1.54) is 9.79 Å². The molecular weight excluding hydrogens is 332 g/mol. The number of fused-ring (bicyclic) bond motifs is 2. The molecule has 1 heterocycles. The molecule has 1 aliphatic rings. The molecule has 0 fully saturated rings. The van der Waals surface area contributed by atoms with E-state index in [0.29, 0.717) is 5.92 Å². The predicted octanol–water partition coefficient (Wildman–Crippen LogP) is 5.24.